The maximum atomic E-state index is 12.8. The second kappa shape index (κ2) is 7.22. The molecule has 2 aromatic carbocycles. The number of nitrogens with one attached hydrogen (secondary N) is 1. The second-order valence-corrected chi connectivity index (χ2v) is 5.51. The van der Waals surface area contributed by atoms with Gasteiger partial charge in [-0.3, -0.25) is 4.79 Å². The highest BCUT2D eigenvalue weighted by Gasteiger charge is 2.30. The van der Waals surface area contributed by atoms with Crippen molar-refractivity contribution in [3.8, 4) is 6.07 Å². The summed E-state index contributed by atoms with van der Waals surface area (Å²) >= 11 is 0. The third-order valence-corrected chi connectivity index (χ3v) is 3.61. The van der Waals surface area contributed by atoms with Crippen molar-refractivity contribution < 1.29 is 18.0 Å². The van der Waals surface area contributed by atoms with Crippen LogP contribution in [-0.2, 0) is 11.0 Å². The molecule has 0 aliphatic carbocycles. The molecule has 0 fully saturated rings. The van der Waals surface area contributed by atoms with Crippen molar-refractivity contribution in [2.45, 2.75) is 20.0 Å². The largest absolute Gasteiger partial charge is 0.416 e. The highest BCUT2D eigenvalue weighted by atomic mass is 19.4. The number of para-hydroxylation sites is 1. The van der Waals surface area contributed by atoms with Gasteiger partial charge in [-0.1, -0.05) is 30.3 Å². The van der Waals surface area contributed by atoms with Gasteiger partial charge in [0.1, 0.15) is 11.6 Å². The van der Waals surface area contributed by atoms with Crippen LogP contribution in [0.25, 0.3) is 6.08 Å². The Kier molecular flexibility index (Phi) is 5.28. The van der Waals surface area contributed by atoms with Gasteiger partial charge in [0.15, 0.2) is 0 Å². The van der Waals surface area contributed by atoms with E-state index in [-0.39, 0.29) is 11.1 Å². The van der Waals surface area contributed by atoms with Gasteiger partial charge < -0.3 is 5.32 Å². The Morgan fingerprint density at radius 3 is 2.28 bits per heavy atom. The first kappa shape index (κ1) is 18.3. The molecule has 0 aliphatic heterocycles. The highest BCUT2D eigenvalue weighted by Crippen LogP contribution is 2.30. The zero-order valence-electron chi connectivity index (χ0n) is 13.6. The van der Waals surface area contributed by atoms with Crippen molar-refractivity contribution in [1.29, 1.82) is 5.26 Å². The van der Waals surface area contributed by atoms with E-state index in [2.05, 4.69) is 5.32 Å². The van der Waals surface area contributed by atoms with Crippen LogP contribution < -0.4 is 5.32 Å². The van der Waals surface area contributed by atoms with Crippen molar-refractivity contribution >= 4 is 17.7 Å². The fourth-order valence-electron chi connectivity index (χ4n) is 2.31. The van der Waals surface area contributed by atoms with Crippen molar-refractivity contribution in [3.63, 3.8) is 0 Å². The number of anilines is 1. The van der Waals surface area contributed by atoms with E-state index in [0.29, 0.717) is 5.69 Å². The van der Waals surface area contributed by atoms with E-state index in [9.17, 15) is 23.2 Å². The molecule has 6 heteroatoms. The maximum Gasteiger partial charge on any atom is 0.416 e. The molecule has 128 valence electrons. The number of hydrogen-bond acceptors (Lipinski definition) is 2. The summed E-state index contributed by atoms with van der Waals surface area (Å²) in [7, 11) is 0. The first-order valence-electron chi connectivity index (χ1n) is 7.39. The van der Waals surface area contributed by atoms with Crippen LogP contribution in [0.4, 0.5) is 18.9 Å². The average molecular weight is 344 g/mol. The lowest BCUT2D eigenvalue weighted by atomic mass is 10.1. The smallest absolute Gasteiger partial charge is 0.321 e. The lowest BCUT2D eigenvalue weighted by Gasteiger charge is -2.11. The standard InChI is InChI=1S/C19H15F3N2O/c1-12-5-3-6-13(2)17(12)24-18(25)15(11-23)9-14-7-4-8-16(10-14)19(20,21)22/h3-10H,1-2H3,(H,24,25)/b15-9+. The fourth-order valence-corrected chi connectivity index (χ4v) is 2.31. The lowest BCUT2D eigenvalue weighted by Crippen LogP contribution is -2.15. The summed E-state index contributed by atoms with van der Waals surface area (Å²) in [5.41, 5.74) is 1.24. The molecule has 25 heavy (non-hydrogen) atoms. The summed E-state index contributed by atoms with van der Waals surface area (Å²) in [5, 5.41) is 11.8. The summed E-state index contributed by atoms with van der Waals surface area (Å²) in [4.78, 5) is 12.3. The van der Waals surface area contributed by atoms with Gasteiger partial charge in [-0.05, 0) is 48.7 Å². The van der Waals surface area contributed by atoms with Crippen LogP contribution in [-0.4, -0.2) is 5.91 Å². The minimum Gasteiger partial charge on any atom is -0.321 e. The molecule has 1 N–H and O–H groups in total. The number of benzene rings is 2. The molecule has 0 saturated carbocycles. The summed E-state index contributed by atoms with van der Waals surface area (Å²) in [6.45, 7) is 3.62. The Morgan fingerprint density at radius 1 is 1.12 bits per heavy atom. The minimum atomic E-state index is -4.49. The molecule has 2 rings (SSSR count). The molecular weight excluding hydrogens is 329 g/mol. The van der Waals surface area contributed by atoms with E-state index >= 15 is 0 Å². The quantitative estimate of drug-likeness (QED) is 0.638. The van der Waals surface area contributed by atoms with Crippen LogP contribution in [0.2, 0.25) is 0 Å². The van der Waals surface area contributed by atoms with Crippen LogP contribution in [0.3, 0.4) is 0 Å². The summed E-state index contributed by atoms with van der Waals surface area (Å²) in [6, 6.07) is 11.6. The molecule has 0 radical (unpaired) electrons. The third-order valence-electron chi connectivity index (χ3n) is 3.61. The lowest BCUT2D eigenvalue weighted by molar-refractivity contribution is -0.137. The first-order chi connectivity index (χ1) is 11.7. The topological polar surface area (TPSA) is 52.9 Å². The Labute approximate surface area is 143 Å². The van der Waals surface area contributed by atoms with E-state index < -0.39 is 17.6 Å². The Bertz CT molecular complexity index is 857. The Morgan fingerprint density at radius 2 is 1.72 bits per heavy atom. The number of nitriles is 1. The molecule has 0 aliphatic rings. The molecule has 0 bridgehead atoms. The Balaban J connectivity index is 2.32. The van der Waals surface area contributed by atoms with Crippen molar-refractivity contribution in [3.05, 3.63) is 70.3 Å². The molecule has 3 nitrogen and oxygen atoms in total. The summed E-state index contributed by atoms with van der Waals surface area (Å²) < 4.78 is 38.3. The molecule has 0 spiro atoms. The van der Waals surface area contributed by atoms with Gasteiger partial charge in [-0.15, -0.1) is 0 Å². The molecular formula is C19H15F3N2O. The zero-order chi connectivity index (χ0) is 18.6. The van der Waals surface area contributed by atoms with Crippen molar-refractivity contribution in [1.82, 2.24) is 0 Å². The van der Waals surface area contributed by atoms with Gasteiger partial charge in [-0.2, -0.15) is 18.4 Å². The van der Waals surface area contributed by atoms with Crippen molar-refractivity contribution in [2.24, 2.45) is 0 Å². The van der Waals surface area contributed by atoms with Gasteiger partial charge in [-0.25, -0.2) is 0 Å². The minimum absolute atomic E-state index is 0.128. The molecule has 0 atom stereocenters. The van der Waals surface area contributed by atoms with Gasteiger partial charge in [0, 0.05) is 5.69 Å². The van der Waals surface area contributed by atoms with E-state index in [0.717, 1.165) is 29.3 Å². The van der Waals surface area contributed by atoms with Crippen molar-refractivity contribution in [2.75, 3.05) is 5.32 Å². The van der Waals surface area contributed by atoms with Gasteiger partial charge in [0.25, 0.3) is 5.91 Å². The van der Waals surface area contributed by atoms with Crippen LogP contribution in [0.1, 0.15) is 22.3 Å². The first-order valence-corrected chi connectivity index (χ1v) is 7.39. The number of nitrogens with zero attached hydrogens (tertiary/aromatic N) is 1. The summed E-state index contributed by atoms with van der Waals surface area (Å²) in [5.74, 6) is -0.669. The molecule has 0 heterocycles. The van der Waals surface area contributed by atoms with Crippen LogP contribution in [0, 0.1) is 25.2 Å². The van der Waals surface area contributed by atoms with E-state index in [1.807, 2.05) is 32.0 Å². The number of alkyl halides is 3. The monoisotopic (exact) mass is 344 g/mol. The number of amides is 1. The second-order valence-electron chi connectivity index (χ2n) is 5.51. The van der Waals surface area contributed by atoms with Crippen LogP contribution >= 0.6 is 0 Å². The molecule has 0 saturated heterocycles. The van der Waals surface area contributed by atoms with Crippen LogP contribution in [0.15, 0.2) is 48.0 Å². The van der Waals surface area contributed by atoms with Gasteiger partial charge in [0.05, 0.1) is 5.56 Å². The van der Waals surface area contributed by atoms with E-state index in [1.165, 1.54) is 12.1 Å². The number of carbonyl (C=O) groups is 1. The molecule has 0 aromatic heterocycles. The number of rotatable bonds is 3. The fraction of sp³-hybridized carbons (Fsp3) is 0.158. The molecule has 2 aromatic rings. The third kappa shape index (κ3) is 4.48. The maximum absolute atomic E-state index is 12.8. The van der Waals surface area contributed by atoms with Gasteiger partial charge in [0.2, 0.25) is 0 Å². The number of hydrogen-bond donors (Lipinski definition) is 1. The predicted molar refractivity (Wildman–Crippen MR) is 89.6 cm³/mol. The summed E-state index contributed by atoms with van der Waals surface area (Å²) in [6.07, 6.45) is -3.35. The van der Waals surface area contributed by atoms with E-state index in [4.69, 9.17) is 0 Å². The van der Waals surface area contributed by atoms with E-state index in [1.54, 1.807) is 6.07 Å². The normalized spacial score (nSPS) is 11.8. The highest BCUT2D eigenvalue weighted by molar-refractivity contribution is 6.10. The SMILES string of the molecule is Cc1cccc(C)c1NC(=O)/C(C#N)=C/c1cccc(C(F)(F)F)c1. The zero-order valence-corrected chi connectivity index (χ0v) is 13.6. The molecule has 1 amide bonds. The van der Waals surface area contributed by atoms with Gasteiger partial charge >= 0.3 is 6.18 Å². The van der Waals surface area contributed by atoms with Crippen LogP contribution in [0.5, 0.6) is 0 Å². The number of carbonyl (C=O) groups excluding carboxylic acids is 1. The average Bonchev–Trinajstić information content (AvgIpc) is 2.55. The number of aryl methyl sites for hydroxylation is 2. The molecule has 0 unspecified atom stereocenters. The predicted octanol–water partition coefficient (Wildman–Crippen LogP) is 4.87. The number of halogens is 3. The Hall–Kier alpha value is -3.07.